The van der Waals surface area contributed by atoms with Crippen molar-refractivity contribution in [2.45, 2.75) is 89.4 Å². The smallest absolute Gasteiger partial charge is 0.306 e. The number of hydrogen-bond acceptors (Lipinski definition) is 9. The Morgan fingerprint density at radius 1 is 0.868 bits per heavy atom. The van der Waals surface area contributed by atoms with E-state index in [0.717, 1.165) is 123 Å². The van der Waals surface area contributed by atoms with E-state index in [1.54, 1.807) is 0 Å². The number of nitrogens with one attached hydrogen (secondary N) is 2. The van der Waals surface area contributed by atoms with Crippen molar-refractivity contribution in [2.75, 3.05) is 43.9 Å². The van der Waals surface area contributed by atoms with Crippen LogP contribution in [-0.2, 0) is 44.8 Å². The fraction of sp³-hybridized carbons (Fsp3) is 0.476. The Labute approximate surface area is 312 Å². The minimum Gasteiger partial charge on any atom is -0.481 e. The molecule has 53 heavy (non-hydrogen) atoms. The Hall–Kier alpha value is -5.06. The first kappa shape index (κ1) is 37.7. The SMILES string of the molecule is COC(=O)CC(c1cnc2ccccc2c1)C1CCN(C(=O)CCCc2ccc3c(n2)NCCC3)CC1.O=C(O)CCCc1ccc2c(n1)NCCC2. The van der Waals surface area contributed by atoms with Crippen LogP contribution in [-0.4, -0.2) is 76.1 Å². The highest BCUT2D eigenvalue weighted by atomic mass is 16.5. The largest absolute Gasteiger partial charge is 0.481 e. The molecule has 7 rings (SSSR count). The van der Waals surface area contributed by atoms with Gasteiger partial charge in [-0.1, -0.05) is 30.3 Å². The van der Waals surface area contributed by atoms with E-state index in [0.29, 0.717) is 25.2 Å². The molecular weight excluding hydrogens is 668 g/mol. The van der Waals surface area contributed by atoms with E-state index in [-0.39, 0.29) is 24.2 Å². The highest BCUT2D eigenvalue weighted by Crippen LogP contribution is 2.36. The number of amides is 1. The van der Waals surface area contributed by atoms with Crippen LogP contribution >= 0.6 is 0 Å². The van der Waals surface area contributed by atoms with E-state index in [1.807, 2.05) is 35.4 Å². The molecule has 0 spiro atoms. The average molecular weight is 721 g/mol. The number of methoxy groups -OCH3 is 1. The van der Waals surface area contributed by atoms with E-state index >= 15 is 0 Å². The molecule has 1 fully saturated rings. The molecular formula is C42H52N6O5. The number of ether oxygens (including phenoxy) is 1. The van der Waals surface area contributed by atoms with Crippen molar-refractivity contribution in [2.24, 2.45) is 5.92 Å². The van der Waals surface area contributed by atoms with Gasteiger partial charge in [0, 0.05) is 62.0 Å². The number of likely N-dealkylation sites (tertiary alicyclic amines) is 1. The van der Waals surface area contributed by atoms with Crippen molar-refractivity contribution >= 4 is 40.4 Å². The van der Waals surface area contributed by atoms with Gasteiger partial charge in [0.25, 0.3) is 0 Å². The minimum absolute atomic E-state index is 0.0329. The summed E-state index contributed by atoms with van der Waals surface area (Å²) in [4.78, 5) is 51.5. The number of pyridine rings is 3. The van der Waals surface area contributed by atoms with Crippen LogP contribution in [0.5, 0.6) is 0 Å². The Morgan fingerprint density at radius 3 is 2.11 bits per heavy atom. The van der Waals surface area contributed by atoms with E-state index in [9.17, 15) is 14.4 Å². The predicted molar refractivity (Wildman–Crippen MR) is 206 cm³/mol. The third kappa shape index (κ3) is 10.5. The Kier molecular flexibility index (Phi) is 13.2. The molecule has 0 aliphatic carbocycles. The lowest BCUT2D eigenvalue weighted by Gasteiger charge is -2.36. The summed E-state index contributed by atoms with van der Waals surface area (Å²) in [7, 11) is 1.44. The number of aliphatic carboxylic acids is 1. The van der Waals surface area contributed by atoms with Gasteiger partial charge >= 0.3 is 11.9 Å². The van der Waals surface area contributed by atoms with Crippen LogP contribution in [0, 0.1) is 5.92 Å². The molecule has 0 radical (unpaired) electrons. The summed E-state index contributed by atoms with van der Waals surface area (Å²) in [5, 5.41) is 16.3. The number of piperidine rings is 1. The first-order chi connectivity index (χ1) is 25.9. The molecule has 1 saturated heterocycles. The fourth-order valence-electron chi connectivity index (χ4n) is 7.68. The van der Waals surface area contributed by atoms with Gasteiger partial charge in [-0.25, -0.2) is 9.97 Å². The fourth-order valence-corrected chi connectivity index (χ4v) is 7.68. The summed E-state index contributed by atoms with van der Waals surface area (Å²) in [5.74, 6) is 1.60. The Morgan fingerprint density at radius 2 is 1.49 bits per heavy atom. The van der Waals surface area contributed by atoms with Gasteiger partial charge in [-0.3, -0.25) is 19.4 Å². The molecule has 3 aromatic heterocycles. The molecule has 3 aliphatic rings. The summed E-state index contributed by atoms with van der Waals surface area (Å²) < 4.78 is 5.02. The molecule has 1 unspecified atom stereocenters. The number of rotatable bonds is 12. The van der Waals surface area contributed by atoms with Crippen molar-refractivity contribution in [3.05, 3.63) is 88.9 Å². The Balaban J connectivity index is 0.000000250. The maximum absolute atomic E-state index is 12.9. The third-order valence-electron chi connectivity index (χ3n) is 10.7. The number of carbonyl (C=O) groups is 3. The molecule has 280 valence electrons. The van der Waals surface area contributed by atoms with Crippen molar-refractivity contribution in [1.29, 1.82) is 0 Å². The topological polar surface area (TPSA) is 147 Å². The second-order valence-electron chi connectivity index (χ2n) is 14.3. The molecule has 1 amide bonds. The summed E-state index contributed by atoms with van der Waals surface area (Å²) in [6.45, 7) is 3.42. The first-order valence-corrected chi connectivity index (χ1v) is 19.2. The number of aromatic nitrogens is 3. The Bertz CT molecular complexity index is 1870. The van der Waals surface area contributed by atoms with Crippen LogP contribution in [0.1, 0.15) is 91.8 Å². The number of para-hydroxylation sites is 1. The second kappa shape index (κ2) is 18.6. The number of anilines is 2. The quantitative estimate of drug-likeness (QED) is 0.135. The van der Waals surface area contributed by atoms with Crippen LogP contribution in [0.2, 0.25) is 0 Å². The lowest BCUT2D eigenvalue weighted by molar-refractivity contribution is -0.142. The van der Waals surface area contributed by atoms with Crippen LogP contribution in [0.15, 0.2) is 60.8 Å². The number of fused-ring (bicyclic) bond motifs is 3. The van der Waals surface area contributed by atoms with Crippen molar-refractivity contribution in [3.8, 4) is 0 Å². The van der Waals surface area contributed by atoms with Crippen LogP contribution < -0.4 is 10.6 Å². The van der Waals surface area contributed by atoms with Gasteiger partial charge in [0.15, 0.2) is 0 Å². The first-order valence-electron chi connectivity index (χ1n) is 19.2. The zero-order valence-corrected chi connectivity index (χ0v) is 30.8. The van der Waals surface area contributed by atoms with Crippen LogP contribution in [0.4, 0.5) is 11.6 Å². The highest BCUT2D eigenvalue weighted by Gasteiger charge is 2.31. The molecule has 1 atom stereocenters. The molecule has 1 aromatic carbocycles. The normalized spacial score (nSPS) is 15.8. The van der Waals surface area contributed by atoms with Gasteiger partial charge in [-0.15, -0.1) is 0 Å². The van der Waals surface area contributed by atoms with Gasteiger partial charge in [0.05, 0.1) is 19.0 Å². The third-order valence-corrected chi connectivity index (χ3v) is 10.7. The number of esters is 1. The zero-order valence-electron chi connectivity index (χ0n) is 30.8. The van der Waals surface area contributed by atoms with Crippen LogP contribution in [0.25, 0.3) is 10.9 Å². The number of nitrogens with zero attached hydrogens (tertiary/aromatic N) is 4. The number of carbonyl (C=O) groups excluding carboxylic acids is 2. The van der Waals surface area contributed by atoms with Crippen molar-refractivity contribution in [3.63, 3.8) is 0 Å². The number of benzene rings is 1. The van der Waals surface area contributed by atoms with Gasteiger partial charge < -0.3 is 25.4 Å². The van der Waals surface area contributed by atoms with E-state index in [2.05, 4.69) is 50.9 Å². The van der Waals surface area contributed by atoms with E-state index < -0.39 is 5.97 Å². The zero-order chi connectivity index (χ0) is 37.0. The van der Waals surface area contributed by atoms with E-state index in [4.69, 9.17) is 14.8 Å². The molecule has 6 heterocycles. The molecule has 4 aromatic rings. The van der Waals surface area contributed by atoms with Gasteiger partial charge in [-0.2, -0.15) is 0 Å². The van der Waals surface area contributed by atoms with E-state index in [1.165, 1.54) is 18.2 Å². The monoisotopic (exact) mass is 720 g/mol. The maximum Gasteiger partial charge on any atom is 0.306 e. The maximum atomic E-state index is 12.9. The minimum atomic E-state index is -0.740. The molecule has 3 aliphatic heterocycles. The summed E-state index contributed by atoms with van der Waals surface area (Å²) >= 11 is 0. The highest BCUT2D eigenvalue weighted by molar-refractivity contribution is 5.79. The standard InChI is InChI=1S/C30H36N4O3.C12H16N2O2/c1-37-29(36)19-26(24-18-23-6-2-3-9-27(23)32-20-24)21-13-16-34(17-14-21)28(35)10-4-8-25-12-11-22-7-5-15-31-30(22)33-25;15-11(16)5-1-4-10-7-6-9-3-2-8-13-12(9)14-10/h2-3,6,9,11-12,18,20-21,26H,4-5,7-8,10,13-17,19H2,1H3,(H,31,33);6-7H,1-5,8H2,(H,13,14)(H,15,16). The van der Waals surface area contributed by atoms with Gasteiger partial charge in [0.1, 0.15) is 11.6 Å². The molecule has 3 N–H and O–H groups in total. The number of aryl methyl sites for hydroxylation is 4. The van der Waals surface area contributed by atoms with Crippen molar-refractivity contribution < 1.29 is 24.2 Å². The summed E-state index contributed by atoms with van der Waals surface area (Å²) in [5.41, 5.74) is 6.61. The predicted octanol–water partition coefficient (Wildman–Crippen LogP) is 6.74. The molecule has 0 saturated carbocycles. The average Bonchev–Trinajstić information content (AvgIpc) is 3.19. The lowest BCUT2D eigenvalue weighted by Crippen LogP contribution is -2.40. The van der Waals surface area contributed by atoms with Crippen LogP contribution in [0.3, 0.4) is 0 Å². The van der Waals surface area contributed by atoms with Gasteiger partial charge in [0.2, 0.25) is 5.91 Å². The van der Waals surface area contributed by atoms with Gasteiger partial charge in [-0.05, 0) is 117 Å². The summed E-state index contributed by atoms with van der Waals surface area (Å²) in [6.07, 6.45) is 12.2. The lowest BCUT2D eigenvalue weighted by atomic mass is 9.78. The second-order valence-corrected chi connectivity index (χ2v) is 14.3. The number of hydrogen-bond donors (Lipinski definition) is 3. The number of carboxylic acid groups (broad SMARTS) is 1. The molecule has 11 heteroatoms. The van der Waals surface area contributed by atoms with Crippen molar-refractivity contribution in [1.82, 2.24) is 19.9 Å². The summed E-state index contributed by atoms with van der Waals surface area (Å²) in [6, 6.07) is 18.6. The molecule has 0 bridgehead atoms. The number of carboxylic acids is 1. The molecule has 11 nitrogen and oxygen atoms in total.